The lowest BCUT2D eigenvalue weighted by molar-refractivity contribution is 0.740. The third-order valence-electron chi connectivity index (χ3n) is 4.01. The van der Waals surface area contributed by atoms with Gasteiger partial charge in [-0.25, -0.2) is 4.98 Å². The van der Waals surface area contributed by atoms with E-state index in [0.717, 1.165) is 34.9 Å². The second kappa shape index (κ2) is 7.55. The van der Waals surface area contributed by atoms with Gasteiger partial charge in [-0.05, 0) is 25.6 Å². The Bertz CT molecular complexity index is 874. The molecule has 3 aromatic rings. The fourth-order valence-corrected chi connectivity index (χ4v) is 2.64. The topological polar surface area (TPSA) is 66.8 Å². The van der Waals surface area contributed by atoms with Crippen molar-refractivity contribution >= 4 is 34.5 Å². The molecule has 2 aromatic heterocycles. The van der Waals surface area contributed by atoms with Crippen molar-refractivity contribution in [2.45, 2.75) is 13.5 Å². The molecule has 6 nitrogen and oxygen atoms in total. The Morgan fingerprint density at radius 3 is 2.60 bits per heavy atom. The molecule has 3 rings (SSSR count). The van der Waals surface area contributed by atoms with Gasteiger partial charge in [-0.3, -0.25) is 4.68 Å². The molecular weight excluding hydrogens is 336 g/mol. The average Bonchev–Trinajstić information content (AvgIpc) is 2.92. The Morgan fingerprint density at radius 2 is 1.88 bits per heavy atom. The number of nitrogens with zero attached hydrogens (tertiary/aromatic N) is 3. The minimum absolute atomic E-state index is 0.563. The molecule has 0 saturated carbocycles. The standard InChI is InChI=1S/C18H21ClN6/c1-12-17(11-22-25(12)3)24-18-8-16(14(19)10-21-18)23-15-7-5-4-6-13(15)9-20-2/h4-8,10-11,20H,9H2,1-3H3,(H2,21,23,24). The smallest absolute Gasteiger partial charge is 0.132 e. The molecule has 0 spiro atoms. The first kappa shape index (κ1) is 17.3. The fraction of sp³-hybridized carbons (Fsp3) is 0.222. The van der Waals surface area contributed by atoms with E-state index in [1.54, 1.807) is 12.4 Å². The van der Waals surface area contributed by atoms with E-state index in [2.05, 4.69) is 32.1 Å². The van der Waals surface area contributed by atoms with Gasteiger partial charge in [0, 0.05) is 25.3 Å². The van der Waals surface area contributed by atoms with Crippen LogP contribution in [0.2, 0.25) is 5.02 Å². The minimum Gasteiger partial charge on any atom is -0.354 e. The van der Waals surface area contributed by atoms with Gasteiger partial charge in [0.15, 0.2) is 0 Å². The van der Waals surface area contributed by atoms with Crippen LogP contribution in [0.15, 0.2) is 42.7 Å². The van der Waals surface area contributed by atoms with Crippen LogP contribution in [0.1, 0.15) is 11.3 Å². The van der Waals surface area contributed by atoms with Crippen LogP contribution >= 0.6 is 11.6 Å². The maximum atomic E-state index is 6.33. The summed E-state index contributed by atoms with van der Waals surface area (Å²) in [7, 11) is 3.83. The largest absolute Gasteiger partial charge is 0.354 e. The first-order valence-electron chi connectivity index (χ1n) is 7.99. The van der Waals surface area contributed by atoms with Crippen molar-refractivity contribution in [3.63, 3.8) is 0 Å². The van der Waals surface area contributed by atoms with Gasteiger partial charge in [-0.1, -0.05) is 29.8 Å². The number of benzene rings is 1. The molecule has 7 heteroatoms. The molecule has 0 amide bonds. The van der Waals surface area contributed by atoms with Gasteiger partial charge >= 0.3 is 0 Å². The molecular formula is C18H21ClN6. The molecule has 3 N–H and O–H groups in total. The van der Waals surface area contributed by atoms with Gasteiger partial charge in [-0.2, -0.15) is 5.10 Å². The van der Waals surface area contributed by atoms with E-state index in [0.29, 0.717) is 10.8 Å². The molecule has 0 radical (unpaired) electrons. The molecule has 0 fully saturated rings. The zero-order valence-corrected chi connectivity index (χ0v) is 15.2. The maximum absolute atomic E-state index is 6.33. The quantitative estimate of drug-likeness (QED) is 0.623. The van der Waals surface area contributed by atoms with Gasteiger partial charge in [0.1, 0.15) is 5.82 Å². The molecule has 1 aromatic carbocycles. The fourth-order valence-electron chi connectivity index (χ4n) is 2.49. The highest BCUT2D eigenvalue weighted by atomic mass is 35.5. The molecule has 130 valence electrons. The Balaban J connectivity index is 1.86. The number of aromatic nitrogens is 3. The third-order valence-corrected chi connectivity index (χ3v) is 4.31. The Morgan fingerprint density at radius 1 is 1.08 bits per heavy atom. The summed E-state index contributed by atoms with van der Waals surface area (Å²) in [6.07, 6.45) is 3.42. The SMILES string of the molecule is CNCc1ccccc1Nc1cc(Nc2cnn(C)c2C)ncc1Cl. The molecule has 0 unspecified atom stereocenters. The summed E-state index contributed by atoms with van der Waals surface area (Å²) in [6.45, 7) is 2.77. The van der Waals surface area contributed by atoms with E-state index in [1.807, 2.05) is 50.0 Å². The molecule has 0 saturated heterocycles. The van der Waals surface area contributed by atoms with Crippen molar-refractivity contribution in [2.75, 3.05) is 17.7 Å². The molecule has 0 aliphatic heterocycles. The first-order chi connectivity index (χ1) is 12.1. The third kappa shape index (κ3) is 3.92. The monoisotopic (exact) mass is 356 g/mol. The van der Waals surface area contributed by atoms with Crippen molar-refractivity contribution in [3.8, 4) is 0 Å². The molecule has 0 bridgehead atoms. The van der Waals surface area contributed by atoms with Crippen LogP contribution in [0.3, 0.4) is 0 Å². The van der Waals surface area contributed by atoms with Crippen LogP contribution in [0.5, 0.6) is 0 Å². The van der Waals surface area contributed by atoms with Crippen LogP contribution in [-0.2, 0) is 13.6 Å². The van der Waals surface area contributed by atoms with Gasteiger partial charge in [-0.15, -0.1) is 0 Å². The Labute approximate surface area is 152 Å². The maximum Gasteiger partial charge on any atom is 0.132 e. The summed E-state index contributed by atoms with van der Waals surface area (Å²) in [4.78, 5) is 4.35. The lowest BCUT2D eigenvalue weighted by atomic mass is 10.1. The number of rotatable bonds is 6. The number of halogens is 1. The Kier molecular flexibility index (Phi) is 5.21. The van der Waals surface area contributed by atoms with E-state index < -0.39 is 0 Å². The van der Waals surface area contributed by atoms with Gasteiger partial charge < -0.3 is 16.0 Å². The predicted molar refractivity (Wildman–Crippen MR) is 103 cm³/mol. The normalized spacial score (nSPS) is 10.7. The highest BCUT2D eigenvalue weighted by molar-refractivity contribution is 6.33. The van der Waals surface area contributed by atoms with Crippen LogP contribution in [-0.4, -0.2) is 21.8 Å². The molecule has 0 atom stereocenters. The summed E-state index contributed by atoms with van der Waals surface area (Å²) < 4.78 is 1.81. The highest BCUT2D eigenvalue weighted by Gasteiger charge is 2.09. The van der Waals surface area contributed by atoms with Crippen LogP contribution < -0.4 is 16.0 Å². The second-order valence-electron chi connectivity index (χ2n) is 5.75. The molecule has 0 aliphatic carbocycles. The van der Waals surface area contributed by atoms with Crippen LogP contribution in [0, 0.1) is 6.92 Å². The lowest BCUT2D eigenvalue weighted by Crippen LogP contribution is -2.07. The number of anilines is 4. The summed E-state index contributed by atoms with van der Waals surface area (Å²) in [6, 6.07) is 10.0. The summed E-state index contributed by atoms with van der Waals surface area (Å²) >= 11 is 6.33. The van der Waals surface area contributed by atoms with E-state index >= 15 is 0 Å². The number of nitrogens with one attached hydrogen (secondary N) is 3. The number of hydrogen-bond acceptors (Lipinski definition) is 5. The van der Waals surface area contributed by atoms with Crippen molar-refractivity contribution in [1.82, 2.24) is 20.1 Å². The lowest BCUT2D eigenvalue weighted by Gasteiger charge is -2.14. The van der Waals surface area contributed by atoms with E-state index in [-0.39, 0.29) is 0 Å². The second-order valence-corrected chi connectivity index (χ2v) is 6.16. The van der Waals surface area contributed by atoms with E-state index in [1.165, 1.54) is 0 Å². The first-order valence-corrected chi connectivity index (χ1v) is 8.37. The highest BCUT2D eigenvalue weighted by Crippen LogP contribution is 2.30. The summed E-state index contributed by atoms with van der Waals surface area (Å²) in [5.41, 5.74) is 4.91. The van der Waals surface area contributed by atoms with Gasteiger partial charge in [0.25, 0.3) is 0 Å². The number of hydrogen-bond donors (Lipinski definition) is 3. The van der Waals surface area contributed by atoms with Crippen molar-refractivity contribution in [1.29, 1.82) is 0 Å². The summed E-state index contributed by atoms with van der Waals surface area (Å²) in [5.74, 6) is 0.703. The van der Waals surface area contributed by atoms with Crippen LogP contribution in [0.25, 0.3) is 0 Å². The average molecular weight is 357 g/mol. The number of aryl methyl sites for hydroxylation is 1. The molecule has 0 aliphatic rings. The zero-order valence-electron chi connectivity index (χ0n) is 14.5. The number of pyridine rings is 1. The zero-order chi connectivity index (χ0) is 17.8. The van der Waals surface area contributed by atoms with E-state index in [4.69, 9.17) is 11.6 Å². The van der Waals surface area contributed by atoms with Crippen LogP contribution in [0.4, 0.5) is 22.9 Å². The van der Waals surface area contributed by atoms with E-state index in [9.17, 15) is 0 Å². The predicted octanol–water partition coefficient (Wildman–Crippen LogP) is 3.98. The molecule has 25 heavy (non-hydrogen) atoms. The molecule has 2 heterocycles. The van der Waals surface area contributed by atoms with Crippen molar-refractivity contribution in [3.05, 3.63) is 59.0 Å². The van der Waals surface area contributed by atoms with Crippen molar-refractivity contribution in [2.24, 2.45) is 7.05 Å². The Hall–Kier alpha value is -2.57. The summed E-state index contributed by atoms with van der Waals surface area (Å²) in [5, 5.41) is 14.6. The number of para-hydroxylation sites is 1. The van der Waals surface area contributed by atoms with Gasteiger partial charge in [0.2, 0.25) is 0 Å². The minimum atomic E-state index is 0.563. The van der Waals surface area contributed by atoms with Crippen molar-refractivity contribution < 1.29 is 0 Å². The van der Waals surface area contributed by atoms with Gasteiger partial charge in [0.05, 0.1) is 34.5 Å².